The van der Waals surface area contributed by atoms with Crippen molar-refractivity contribution < 1.29 is 19.1 Å². The van der Waals surface area contributed by atoms with Crippen molar-refractivity contribution in [2.75, 3.05) is 4.90 Å². The topological polar surface area (TPSA) is 57.6 Å². The average Bonchev–Trinajstić information content (AvgIpc) is 2.70. The van der Waals surface area contributed by atoms with Gasteiger partial charge in [-0.15, -0.1) is 0 Å². The van der Waals surface area contributed by atoms with E-state index in [0.717, 1.165) is 11.0 Å². The van der Waals surface area contributed by atoms with E-state index in [0.29, 0.717) is 0 Å². The van der Waals surface area contributed by atoms with Gasteiger partial charge in [-0.3, -0.25) is 9.59 Å². The Morgan fingerprint density at radius 3 is 2.10 bits per heavy atom. The molecule has 0 unspecified atom stereocenters. The second-order valence-corrected chi connectivity index (χ2v) is 4.53. The van der Waals surface area contributed by atoms with Crippen molar-refractivity contribution >= 4 is 17.5 Å². The molecule has 0 radical (unpaired) electrons. The molecule has 2 aromatic carbocycles. The number of phenolic OH excluding ortho intramolecular Hbond substituents is 1. The number of benzene rings is 2. The molecule has 4 nitrogen and oxygen atoms in total. The molecule has 0 aromatic heterocycles. The zero-order chi connectivity index (χ0) is 14.4. The van der Waals surface area contributed by atoms with Crippen LogP contribution in [-0.2, 0) is 0 Å². The third-order valence-electron chi connectivity index (χ3n) is 3.38. The number of halogens is 1. The highest BCUT2D eigenvalue weighted by Gasteiger charge is 2.37. The highest BCUT2D eigenvalue weighted by molar-refractivity contribution is 6.34. The van der Waals surface area contributed by atoms with E-state index < -0.39 is 23.4 Å². The second-order valence-electron chi connectivity index (χ2n) is 4.53. The number of aromatic hydroxyl groups is 1. The summed E-state index contributed by atoms with van der Waals surface area (Å²) in [6.07, 6.45) is 0. The van der Waals surface area contributed by atoms with E-state index in [1.807, 2.05) is 0 Å². The summed E-state index contributed by atoms with van der Waals surface area (Å²) in [6.45, 7) is 1.38. The van der Waals surface area contributed by atoms with Crippen LogP contribution < -0.4 is 4.90 Å². The predicted octanol–water partition coefficient (Wildman–Crippen LogP) is 2.64. The molecule has 1 heterocycles. The van der Waals surface area contributed by atoms with Crippen LogP contribution in [0, 0.1) is 12.7 Å². The molecule has 20 heavy (non-hydrogen) atoms. The fourth-order valence-corrected chi connectivity index (χ4v) is 2.25. The largest absolute Gasteiger partial charge is 0.505 e. The van der Waals surface area contributed by atoms with Gasteiger partial charge in [0, 0.05) is 5.56 Å². The van der Waals surface area contributed by atoms with Gasteiger partial charge in [0.1, 0.15) is 11.6 Å². The van der Waals surface area contributed by atoms with Crippen molar-refractivity contribution in [2.24, 2.45) is 0 Å². The summed E-state index contributed by atoms with van der Waals surface area (Å²) in [6, 6.07) is 8.74. The summed E-state index contributed by atoms with van der Waals surface area (Å²) in [5, 5.41) is 9.97. The Morgan fingerprint density at radius 2 is 1.55 bits per heavy atom. The fraction of sp³-hybridized carbons (Fsp3) is 0.0667. The van der Waals surface area contributed by atoms with Crippen molar-refractivity contribution in [3.63, 3.8) is 0 Å². The zero-order valence-electron chi connectivity index (χ0n) is 10.6. The number of amides is 2. The minimum absolute atomic E-state index is 0.000874. The highest BCUT2D eigenvalue weighted by atomic mass is 19.1. The molecule has 0 saturated heterocycles. The number of carbonyl (C=O) groups is 2. The van der Waals surface area contributed by atoms with Crippen LogP contribution in [0.1, 0.15) is 26.3 Å². The van der Waals surface area contributed by atoms with Crippen molar-refractivity contribution in [1.29, 1.82) is 0 Å². The summed E-state index contributed by atoms with van der Waals surface area (Å²) in [7, 11) is 0. The molecule has 0 fully saturated rings. The molecule has 3 rings (SSSR count). The van der Waals surface area contributed by atoms with Crippen molar-refractivity contribution in [3.8, 4) is 5.75 Å². The van der Waals surface area contributed by atoms with E-state index >= 15 is 0 Å². The minimum Gasteiger partial charge on any atom is -0.505 e. The summed E-state index contributed by atoms with van der Waals surface area (Å²) >= 11 is 0. The molecule has 100 valence electrons. The molecule has 1 aliphatic heterocycles. The SMILES string of the molecule is Cc1c(F)ccc(N2C(=O)c3ccccc3C2=O)c1O. The van der Waals surface area contributed by atoms with Gasteiger partial charge in [0.15, 0.2) is 0 Å². The molecule has 0 bridgehead atoms. The first-order valence-corrected chi connectivity index (χ1v) is 5.98. The van der Waals surface area contributed by atoms with Crippen LogP contribution in [0.3, 0.4) is 0 Å². The lowest BCUT2D eigenvalue weighted by molar-refractivity contribution is 0.0925. The maximum atomic E-state index is 13.4. The minimum atomic E-state index is -0.595. The first kappa shape index (κ1) is 12.3. The molecule has 0 atom stereocenters. The number of anilines is 1. The molecule has 1 aliphatic rings. The molecular formula is C15H10FNO3. The number of rotatable bonds is 1. The van der Waals surface area contributed by atoms with Crippen molar-refractivity contribution in [2.45, 2.75) is 6.92 Å². The number of phenols is 1. The third-order valence-corrected chi connectivity index (χ3v) is 3.38. The standard InChI is InChI=1S/C15H10FNO3/c1-8-11(16)6-7-12(13(8)18)17-14(19)9-4-2-3-5-10(9)15(17)20/h2-7,18H,1H3. The van der Waals surface area contributed by atoms with Crippen LogP contribution in [0.2, 0.25) is 0 Å². The normalized spacial score (nSPS) is 13.8. The van der Waals surface area contributed by atoms with Gasteiger partial charge < -0.3 is 5.11 Å². The summed E-state index contributed by atoms with van der Waals surface area (Å²) in [5.74, 6) is -2.04. The lowest BCUT2D eigenvalue weighted by atomic mass is 10.1. The number of carbonyl (C=O) groups excluding carboxylic acids is 2. The molecule has 0 saturated carbocycles. The Kier molecular flexibility index (Phi) is 2.57. The van der Waals surface area contributed by atoms with Gasteiger partial charge in [-0.05, 0) is 31.2 Å². The number of hydrogen-bond acceptors (Lipinski definition) is 3. The van der Waals surface area contributed by atoms with Crippen LogP contribution in [0.15, 0.2) is 36.4 Å². The Balaban J connectivity index is 2.17. The molecule has 0 spiro atoms. The Morgan fingerprint density at radius 1 is 1.00 bits per heavy atom. The summed E-state index contributed by atoms with van der Waals surface area (Å²) < 4.78 is 13.4. The smallest absolute Gasteiger partial charge is 0.266 e. The van der Waals surface area contributed by atoms with Crippen LogP contribution in [0.5, 0.6) is 5.75 Å². The molecule has 2 aromatic rings. The second kappa shape index (κ2) is 4.16. The highest BCUT2D eigenvalue weighted by Crippen LogP contribution is 2.36. The van der Waals surface area contributed by atoms with Gasteiger partial charge in [-0.2, -0.15) is 0 Å². The van der Waals surface area contributed by atoms with E-state index in [1.165, 1.54) is 13.0 Å². The quantitative estimate of drug-likeness (QED) is 0.811. The van der Waals surface area contributed by atoms with Crippen LogP contribution in [0.4, 0.5) is 10.1 Å². The Labute approximate surface area is 114 Å². The lowest BCUT2D eigenvalue weighted by Gasteiger charge is -2.16. The maximum absolute atomic E-state index is 13.4. The first-order valence-electron chi connectivity index (χ1n) is 5.98. The zero-order valence-corrected chi connectivity index (χ0v) is 10.6. The number of hydrogen-bond donors (Lipinski definition) is 1. The Hall–Kier alpha value is -2.69. The third kappa shape index (κ3) is 1.53. The number of nitrogens with zero attached hydrogens (tertiary/aromatic N) is 1. The Bertz CT molecular complexity index is 720. The fourth-order valence-electron chi connectivity index (χ4n) is 2.25. The summed E-state index contributed by atoms with van der Waals surface area (Å²) in [5.41, 5.74) is 0.548. The molecule has 1 N–H and O–H groups in total. The van der Waals surface area contributed by atoms with Gasteiger partial charge in [0.05, 0.1) is 16.8 Å². The van der Waals surface area contributed by atoms with Crippen molar-refractivity contribution in [3.05, 3.63) is 58.9 Å². The van der Waals surface area contributed by atoms with Gasteiger partial charge in [-0.25, -0.2) is 9.29 Å². The van der Waals surface area contributed by atoms with Gasteiger partial charge in [0.25, 0.3) is 11.8 Å². The van der Waals surface area contributed by atoms with Crippen LogP contribution >= 0.6 is 0 Å². The number of imide groups is 1. The monoisotopic (exact) mass is 271 g/mol. The van der Waals surface area contributed by atoms with E-state index in [9.17, 15) is 19.1 Å². The number of fused-ring (bicyclic) bond motifs is 1. The predicted molar refractivity (Wildman–Crippen MR) is 70.4 cm³/mol. The van der Waals surface area contributed by atoms with Gasteiger partial charge >= 0.3 is 0 Å². The maximum Gasteiger partial charge on any atom is 0.266 e. The molecule has 5 heteroatoms. The molecule has 0 aliphatic carbocycles. The van der Waals surface area contributed by atoms with Crippen molar-refractivity contribution in [1.82, 2.24) is 0 Å². The van der Waals surface area contributed by atoms with E-state index in [4.69, 9.17) is 0 Å². The van der Waals surface area contributed by atoms with E-state index in [1.54, 1.807) is 24.3 Å². The van der Waals surface area contributed by atoms with Gasteiger partial charge in [0.2, 0.25) is 0 Å². The van der Waals surface area contributed by atoms with E-state index in [-0.39, 0.29) is 22.4 Å². The summed E-state index contributed by atoms with van der Waals surface area (Å²) in [4.78, 5) is 25.4. The average molecular weight is 271 g/mol. The van der Waals surface area contributed by atoms with Crippen LogP contribution in [0.25, 0.3) is 0 Å². The van der Waals surface area contributed by atoms with E-state index in [2.05, 4.69) is 0 Å². The molecule has 2 amide bonds. The van der Waals surface area contributed by atoms with Crippen LogP contribution in [-0.4, -0.2) is 16.9 Å². The lowest BCUT2D eigenvalue weighted by Crippen LogP contribution is -2.29. The van der Waals surface area contributed by atoms with Gasteiger partial charge in [-0.1, -0.05) is 12.1 Å². The molecular weight excluding hydrogens is 261 g/mol. The first-order chi connectivity index (χ1) is 9.52.